The summed E-state index contributed by atoms with van der Waals surface area (Å²) in [5, 5.41) is 3.49. The molecule has 0 aliphatic carbocycles. The number of carbonyl (C=O) groups is 2. The van der Waals surface area contributed by atoms with Crippen LogP contribution in [0.5, 0.6) is 0 Å². The summed E-state index contributed by atoms with van der Waals surface area (Å²) in [4.78, 5) is 42.1. The van der Waals surface area contributed by atoms with Gasteiger partial charge in [-0.2, -0.15) is 0 Å². The maximum Gasteiger partial charge on any atom is 0.410 e. The molecule has 2 aromatic carbocycles. The lowest BCUT2D eigenvalue weighted by molar-refractivity contribution is 0.00567. The number of H-pyrrole nitrogens is 1. The van der Waals surface area contributed by atoms with Crippen LogP contribution < -0.4 is 10.2 Å². The lowest BCUT2D eigenvalue weighted by Crippen LogP contribution is -2.59. The third kappa shape index (κ3) is 5.23. The van der Waals surface area contributed by atoms with E-state index in [1.165, 1.54) is 6.07 Å². The van der Waals surface area contributed by atoms with Crippen molar-refractivity contribution in [2.75, 3.05) is 23.3 Å². The van der Waals surface area contributed by atoms with E-state index in [1.807, 2.05) is 53.7 Å². The van der Waals surface area contributed by atoms with Gasteiger partial charge >= 0.3 is 6.09 Å². The minimum absolute atomic E-state index is 0.111. The number of halogens is 1. The van der Waals surface area contributed by atoms with Crippen molar-refractivity contribution in [3.63, 3.8) is 0 Å². The van der Waals surface area contributed by atoms with E-state index in [2.05, 4.69) is 25.2 Å². The fraction of sp³-hybridized carbons (Fsp3) is 0.379. The van der Waals surface area contributed by atoms with Crippen LogP contribution in [0.3, 0.4) is 0 Å². The highest BCUT2D eigenvalue weighted by atomic mass is 19.1. The molecule has 3 heterocycles. The summed E-state index contributed by atoms with van der Waals surface area (Å²) in [6.07, 6.45) is 2.81. The summed E-state index contributed by atoms with van der Waals surface area (Å²) < 4.78 is 20.2. The number of hydrogen-bond acceptors (Lipinski definition) is 6. The van der Waals surface area contributed by atoms with Crippen molar-refractivity contribution in [3.8, 4) is 0 Å². The van der Waals surface area contributed by atoms with Gasteiger partial charge in [-0.15, -0.1) is 0 Å². The second-order valence-electron chi connectivity index (χ2n) is 11.2. The average molecular weight is 533 g/mol. The van der Waals surface area contributed by atoms with Gasteiger partial charge in [-0.1, -0.05) is 0 Å². The van der Waals surface area contributed by atoms with Crippen molar-refractivity contribution in [2.45, 2.75) is 59.2 Å². The van der Waals surface area contributed by atoms with Crippen LogP contribution in [0.4, 0.5) is 20.6 Å². The predicted octanol–water partition coefficient (Wildman–Crippen LogP) is 5.65. The average Bonchev–Trinajstić information content (AvgIpc) is 3.22. The molecule has 5 rings (SSSR count). The van der Waals surface area contributed by atoms with Gasteiger partial charge in [-0.25, -0.2) is 9.18 Å². The number of aromatic nitrogens is 3. The largest absolute Gasteiger partial charge is 0.444 e. The molecular formula is C29H33FN6O3. The normalized spacial score (nSPS) is 18.0. The van der Waals surface area contributed by atoms with Crippen molar-refractivity contribution in [1.29, 1.82) is 0 Å². The number of amides is 2. The molecule has 0 radical (unpaired) electrons. The van der Waals surface area contributed by atoms with Crippen molar-refractivity contribution >= 4 is 45.3 Å². The first-order valence-electron chi connectivity index (χ1n) is 13.0. The van der Waals surface area contributed by atoms with E-state index >= 15 is 0 Å². The van der Waals surface area contributed by atoms with Gasteiger partial charge < -0.3 is 19.9 Å². The summed E-state index contributed by atoms with van der Waals surface area (Å²) in [5.41, 5.74) is 3.20. The Bertz CT molecular complexity index is 1560. The monoisotopic (exact) mass is 532 g/mol. The van der Waals surface area contributed by atoms with Gasteiger partial charge in [0, 0.05) is 42.3 Å². The molecule has 1 fully saturated rings. The first-order chi connectivity index (χ1) is 18.4. The molecule has 2 atom stereocenters. The first-order valence-corrected chi connectivity index (χ1v) is 13.0. The van der Waals surface area contributed by atoms with Gasteiger partial charge in [0.1, 0.15) is 22.5 Å². The molecule has 0 saturated carbocycles. The lowest BCUT2D eigenvalue weighted by Gasteiger charge is -2.45. The maximum atomic E-state index is 14.6. The molecule has 4 aromatic rings. The summed E-state index contributed by atoms with van der Waals surface area (Å²) in [6, 6.07) is 8.20. The Morgan fingerprint density at radius 1 is 1.05 bits per heavy atom. The zero-order valence-corrected chi connectivity index (χ0v) is 23.0. The number of nitrogens with zero attached hydrogens (tertiary/aromatic N) is 4. The van der Waals surface area contributed by atoms with Crippen molar-refractivity contribution in [1.82, 2.24) is 19.9 Å². The van der Waals surface area contributed by atoms with E-state index in [0.717, 1.165) is 11.4 Å². The number of hydrogen-bond donors (Lipinski definition) is 2. The van der Waals surface area contributed by atoms with Crippen LogP contribution in [0.15, 0.2) is 42.7 Å². The van der Waals surface area contributed by atoms with Crippen LogP contribution in [-0.2, 0) is 4.74 Å². The highest BCUT2D eigenvalue weighted by Gasteiger charge is 2.36. The van der Waals surface area contributed by atoms with E-state index in [4.69, 9.17) is 4.74 Å². The number of ether oxygens (including phenoxy) is 1. The van der Waals surface area contributed by atoms with E-state index in [9.17, 15) is 14.0 Å². The Balaban J connectivity index is 1.42. The number of nitrogens with one attached hydrogen (secondary N) is 2. The topological polar surface area (TPSA) is 103 Å². The van der Waals surface area contributed by atoms with Gasteiger partial charge in [0.25, 0.3) is 5.91 Å². The third-order valence-electron chi connectivity index (χ3n) is 6.79. The second kappa shape index (κ2) is 9.83. The highest BCUT2D eigenvalue weighted by molar-refractivity contribution is 6.13. The van der Waals surface area contributed by atoms with Crippen molar-refractivity contribution in [3.05, 3.63) is 59.8 Å². The van der Waals surface area contributed by atoms with E-state index < -0.39 is 17.3 Å². The van der Waals surface area contributed by atoms with Gasteiger partial charge in [-0.3, -0.25) is 19.7 Å². The SMILES string of the molecule is Cc1cc2cc(NC(=O)c3ccc(N4C[C@@H](C)N(C(=O)OC(C)(C)C)[C@@H](C)C4)c4nccnc34)cc(F)c2[nH]1. The summed E-state index contributed by atoms with van der Waals surface area (Å²) in [5.74, 6) is -0.848. The van der Waals surface area contributed by atoms with Crippen LogP contribution in [-0.4, -0.2) is 62.6 Å². The van der Waals surface area contributed by atoms with Gasteiger partial charge in [0.05, 0.1) is 28.9 Å². The Morgan fingerprint density at radius 2 is 1.72 bits per heavy atom. The van der Waals surface area contributed by atoms with Crippen LogP contribution in [0.2, 0.25) is 0 Å². The number of aromatic amines is 1. The molecule has 9 nitrogen and oxygen atoms in total. The van der Waals surface area contributed by atoms with Crippen molar-refractivity contribution < 1.29 is 18.7 Å². The molecule has 1 saturated heterocycles. The quantitative estimate of drug-likeness (QED) is 0.354. The standard InChI is InChI=1S/C29H33FN6O3/c1-16-11-19-12-20(13-22(30)24(19)33-16)34-27(37)21-7-8-23(26-25(21)31-9-10-32-26)35-14-17(2)36(18(3)15-35)28(38)39-29(4,5)6/h7-13,17-18,33H,14-15H2,1-6H3,(H,34,37)/t17-,18+. The van der Waals surface area contributed by atoms with Crippen LogP contribution in [0, 0.1) is 12.7 Å². The fourth-order valence-electron chi connectivity index (χ4n) is 5.29. The third-order valence-corrected chi connectivity index (χ3v) is 6.79. The number of fused-ring (bicyclic) bond motifs is 2. The molecular weight excluding hydrogens is 499 g/mol. The Labute approximate surface area is 226 Å². The number of carbonyl (C=O) groups excluding carboxylic acids is 2. The van der Waals surface area contributed by atoms with Gasteiger partial charge in [0.2, 0.25) is 0 Å². The molecule has 0 bridgehead atoms. The summed E-state index contributed by atoms with van der Waals surface area (Å²) >= 11 is 0. The molecule has 0 unspecified atom stereocenters. The molecule has 2 amide bonds. The predicted molar refractivity (Wildman–Crippen MR) is 150 cm³/mol. The van der Waals surface area contributed by atoms with E-state index in [1.54, 1.807) is 29.4 Å². The Kier molecular flexibility index (Phi) is 6.65. The molecule has 1 aliphatic heterocycles. The zero-order valence-electron chi connectivity index (χ0n) is 23.0. The fourth-order valence-corrected chi connectivity index (χ4v) is 5.29. The number of aryl methyl sites for hydroxylation is 1. The van der Waals surface area contributed by atoms with Crippen LogP contribution >= 0.6 is 0 Å². The number of piperazine rings is 1. The van der Waals surface area contributed by atoms with E-state index in [-0.39, 0.29) is 18.2 Å². The molecule has 39 heavy (non-hydrogen) atoms. The summed E-state index contributed by atoms with van der Waals surface area (Å²) in [6.45, 7) is 12.5. The Hall–Kier alpha value is -4.21. The highest BCUT2D eigenvalue weighted by Crippen LogP contribution is 2.31. The maximum absolute atomic E-state index is 14.6. The molecule has 2 aromatic heterocycles. The first kappa shape index (κ1) is 26.4. The molecule has 2 N–H and O–H groups in total. The van der Waals surface area contributed by atoms with Crippen molar-refractivity contribution in [2.24, 2.45) is 0 Å². The van der Waals surface area contributed by atoms with E-state index in [0.29, 0.717) is 46.3 Å². The van der Waals surface area contributed by atoms with Crippen LogP contribution in [0.25, 0.3) is 21.9 Å². The molecule has 0 spiro atoms. The smallest absolute Gasteiger partial charge is 0.410 e. The number of anilines is 2. The Morgan fingerprint density at radius 3 is 2.38 bits per heavy atom. The lowest BCUT2D eigenvalue weighted by atomic mass is 10.0. The number of benzene rings is 2. The summed E-state index contributed by atoms with van der Waals surface area (Å²) in [7, 11) is 0. The minimum atomic E-state index is -0.575. The van der Waals surface area contributed by atoms with Gasteiger partial charge in [0.15, 0.2) is 0 Å². The minimum Gasteiger partial charge on any atom is -0.444 e. The number of rotatable bonds is 3. The van der Waals surface area contributed by atoms with Gasteiger partial charge in [-0.05, 0) is 71.9 Å². The molecule has 1 aliphatic rings. The zero-order chi connectivity index (χ0) is 28.1. The molecule has 10 heteroatoms. The second-order valence-corrected chi connectivity index (χ2v) is 11.2. The van der Waals surface area contributed by atoms with Crippen LogP contribution in [0.1, 0.15) is 50.7 Å². The molecule has 204 valence electrons.